The number of nitrogens with zero attached hydrogens (tertiary/aromatic N) is 4. The van der Waals surface area contributed by atoms with Crippen LogP contribution in [-0.2, 0) is 0 Å². The second-order valence-corrected chi connectivity index (χ2v) is 7.11. The average Bonchev–Trinajstić information content (AvgIpc) is 3.19. The van der Waals surface area contributed by atoms with Crippen molar-refractivity contribution in [1.29, 1.82) is 0 Å². The van der Waals surface area contributed by atoms with Crippen LogP contribution in [-0.4, -0.2) is 57.3 Å². The maximum atomic E-state index is 13.9. The van der Waals surface area contributed by atoms with Crippen molar-refractivity contribution in [2.75, 3.05) is 50.1 Å². The molecule has 1 aromatic heterocycles. The fourth-order valence-electron chi connectivity index (χ4n) is 3.47. The lowest BCUT2D eigenvalue weighted by Gasteiger charge is -2.21. The van der Waals surface area contributed by atoms with Crippen molar-refractivity contribution in [3.63, 3.8) is 0 Å². The van der Waals surface area contributed by atoms with Gasteiger partial charge in [-0.25, -0.2) is 13.8 Å². The van der Waals surface area contributed by atoms with Gasteiger partial charge in [-0.15, -0.1) is 24.0 Å². The molecule has 1 aliphatic rings. The molecular weight excluding hydrogens is 501 g/mol. The number of nitrogens with one attached hydrogen (secondary N) is 2. The molecule has 1 atom stereocenters. The third-order valence-electron chi connectivity index (χ3n) is 5.02. The van der Waals surface area contributed by atoms with Gasteiger partial charge in [-0.1, -0.05) is 12.1 Å². The van der Waals surface area contributed by atoms with Crippen LogP contribution >= 0.6 is 24.0 Å². The van der Waals surface area contributed by atoms with E-state index in [2.05, 4.69) is 20.6 Å². The molecule has 0 spiro atoms. The van der Waals surface area contributed by atoms with Gasteiger partial charge in [0.05, 0.1) is 5.69 Å². The van der Waals surface area contributed by atoms with E-state index in [0.29, 0.717) is 30.6 Å². The van der Waals surface area contributed by atoms with Gasteiger partial charge in [0.2, 0.25) is 0 Å². The maximum absolute atomic E-state index is 13.9. The van der Waals surface area contributed by atoms with E-state index in [1.165, 1.54) is 12.1 Å². The van der Waals surface area contributed by atoms with Crippen LogP contribution in [0.15, 0.2) is 47.6 Å². The largest absolute Gasteiger partial charge is 0.372 e. The molecule has 3 rings (SSSR count). The number of para-hydroxylation sites is 1. The van der Waals surface area contributed by atoms with Crippen LogP contribution in [0.3, 0.4) is 0 Å². The topological polar surface area (TPSA) is 55.8 Å². The Morgan fingerprint density at radius 2 is 2.00 bits per heavy atom. The number of guanidine groups is 1. The molecule has 2 N–H and O–H groups in total. The summed E-state index contributed by atoms with van der Waals surface area (Å²) < 4.78 is 27.7. The zero-order valence-corrected chi connectivity index (χ0v) is 19.6. The maximum Gasteiger partial charge on any atom is 0.191 e. The number of hydrogen-bond acceptors (Lipinski definition) is 4. The van der Waals surface area contributed by atoms with E-state index in [4.69, 9.17) is 0 Å². The van der Waals surface area contributed by atoms with Crippen molar-refractivity contribution in [3.8, 4) is 0 Å². The highest BCUT2D eigenvalue weighted by molar-refractivity contribution is 14.0. The molecule has 9 heteroatoms. The monoisotopic (exact) mass is 530 g/mol. The summed E-state index contributed by atoms with van der Waals surface area (Å²) in [6, 6.07) is 9.97. The highest BCUT2D eigenvalue weighted by Gasteiger charge is 2.25. The number of aliphatic imine (C=N–C) groups is 1. The summed E-state index contributed by atoms with van der Waals surface area (Å²) in [5.41, 5.74) is 0.600. The van der Waals surface area contributed by atoms with Gasteiger partial charge in [0.25, 0.3) is 0 Å². The van der Waals surface area contributed by atoms with Gasteiger partial charge in [-0.3, -0.25) is 4.99 Å². The lowest BCUT2D eigenvalue weighted by Crippen LogP contribution is -2.45. The van der Waals surface area contributed by atoms with Gasteiger partial charge in [0.1, 0.15) is 5.82 Å². The molecule has 1 aromatic carbocycles. The second kappa shape index (κ2) is 11.9. The predicted molar refractivity (Wildman–Crippen MR) is 129 cm³/mol. The summed E-state index contributed by atoms with van der Waals surface area (Å²) in [5.74, 6) is 0.605. The molecule has 1 fully saturated rings. The molecule has 1 aliphatic heterocycles. The minimum Gasteiger partial charge on any atom is -0.372 e. The lowest BCUT2D eigenvalue weighted by atomic mass is 10.2. The van der Waals surface area contributed by atoms with E-state index in [9.17, 15) is 8.78 Å². The Kier molecular flexibility index (Phi) is 9.54. The van der Waals surface area contributed by atoms with Crippen molar-refractivity contribution >= 4 is 41.4 Å². The molecule has 164 valence electrons. The van der Waals surface area contributed by atoms with E-state index in [1.807, 2.05) is 22.9 Å². The van der Waals surface area contributed by atoms with Crippen LogP contribution in [0.2, 0.25) is 0 Å². The Bertz CT molecular complexity index is 835. The van der Waals surface area contributed by atoms with Gasteiger partial charge in [0.15, 0.2) is 17.6 Å². The first kappa shape index (κ1) is 24.1. The van der Waals surface area contributed by atoms with E-state index in [1.54, 1.807) is 31.4 Å². The highest BCUT2D eigenvalue weighted by Crippen LogP contribution is 2.20. The molecule has 0 aliphatic carbocycles. The number of hydrogen-bond donors (Lipinski definition) is 2. The number of rotatable bonds is 7. The Hall–Kier alpha value is -2.17. The smallest absolute Gasteiger partial charge is 0.191 e. The first-order valence-corrected chi connectivity index (χ1v) is 9.87. The molecule has 30 heavy (non-hydrogen) atoms. The SMILES string of the molecule is CN=C(NCCCN(C)c1ccccc1F)NC1CCN(c2ncccc2F)C1.I. The Morgan fingerprint density at radius 1 is 1.23 bits per heavy atom. The molecule has 1 unspecified atom stereocenters. The molecule has 0 bridgehead atoms. The quantitative estimate of drug-likeness (QED) is 0.249. The van der Waals surface area contributed by atoms with Gasteiger partial charge >= 0.3 is 0 Å². The molecule has 0 saturated carbocycles. The number of benzene rings is 1. The summed E-state index contributed by atoms with van der Waals surface area (Å²) in [6.07, 6.45) is 3.33. The summed E-state index contributed by atoms with van der Waals surface area (Å²) >= 11 is 0. The van der Waals surface area contributed by atoms with Gasteiger partial charge < -0.3 is 20.4 Å². The predicted octanol–water partition coefficient (Wildman–Crippen LogP) is 3.25. The van der Waals surface area contributed by atoms with Crippen LogP contribution in [0.25, 0.3) is 0 Å². The zero-order valence-electron chi connectivity index (χ0n) is 17.3. The number of halogens is 3. The van der Waals surface area contributed by atoms with Gasteiger partial charge in [-0.05, 0) is 37.1 Å². The van der Waals surface area contributed by atoms with Crippen molar-refractivity contribution in [2.24, 2.45) is 4.99 Å². The molecule has 2 heterocycles. The normalized spacial score (nSPS) is 16.2. The number of anilines is 2. The fraction of sp³-hybridized carbons (Fsp3) is 0.429. The zero-order chi connectivity index (χ0) is 20.6. The minimum absolute atomic E-state index is 0. The summed E-state index contributed by atoms with van der Waals surface area (Å²) in [6.45, 7) is 2.85. The van der Waals surface area contributed by atoms with Crippen molar-refractivity contribution in [2.45, 2.75) is 18.9 Å². The summed E-state index contributed by atoms with van der Waals surface area (Å²) in [7, 11) is 3.61. The van der Waals surface area contributed by atoms with Crippen molar-refractivity contribution in [1.82, 2.24) is 15.6 Å². The van der Waals surface area contributed by atoms with Crippen LogP contribution in [0.1, 0.15) is 12.8 Å². The summed E-state index contributed by atoms with van der Waals surface area (Å²) in [5, 5.41) is 6.68. The Labute approximate surface area is 193 Å². The van der Waals surface area contributed by atoms with Crippen LogP contribution in [0, 0.1) is 11.6 Å². The second-order valence-electron chi connectivity index (χ2n) is 7.11. The first-order chi connectivity index (χ1) is 14.1. The molecule has 0 radical (unpaired) electrons. The highest BCUT2D eigenvalue weighted by atomic mass is 127. The van der Waals surface area contributed by atoms with Crippen LogP contribution in [0.4, 0.5) is 20.3 Å². The van der Waals surface area contributed by atoms with Crippen LogP contribution < -0.4 is 20.4 Å². The third-order valence-corrected chi connectivity index (χ3v) is 5.02. The van der Waals surface area contributed by atoms with Gasteiger partial charge in [0, 0.05) is 52.5 Å². The van der Waals surface area contributed by atoms with E-state index >= 15 is 0 Å². The number of aromatic nitrogens is 1. The van der Waals surface area contributed by atoms with Gasteiger partial charge in [-0.2, -0.15) is 0 Å². The number of pyridine rings is 1. The first-order valence-electron chi connectivity index (χ1n) is 9.87. The van der Waals surface area contributed by atoms with Crippen molar-refractivity contribution < 1.29 is 8.78 Å². The van der Waals surface area contributed by atoms with E-state index in [-0.39, 0.29) is 41.7 Å². The Balaban J connectivity index is 0.00000320. The van der Waals surface area contributed by atoms with Crippen molar-refractivity contribution in [3.05, 3.63) is 54.2 Å². The van der Waals surface area contributed by atoms with Crippen LogP contribution in [0.5, 0.6) is 0 Å². The summed E-state index contributed by atoms with van der Waals surface area (Å²) in [4.78, 5) is 12.3. The Morgan fingerprint density at radius 3 is 2.73 bits per heavy atom. The molecular formula is C21H29F2IN6. The molecule has 1 saturated heterocycles. The fourth-order valence-corrected chi connectivity index (χ4v) is 3.47. The molecule has 0 amide bonds. The van der Waals surface area contributed by atoms with E-state index in [0.717, 1.165) is 25.9 Å². The lowest BCUT2D eigenvalue weighted by molar-refractivity contribution is 0.611. The standard InChI is InChI=1S/C21H28F2N6.HI/c1-24-21(26-12-6-13-28(2)19-9-4-3-7-17(19)22)27-16-10-14-29(15-16)20-18(23)8-5-11-25-20;/h3-5,7-9,11,16H,6,10,12-15H2,1-2H3,(H2,24,26,27);1H. The molecule has 6 nitrogen and oxygen atoms in total. The molecule has 2 aromatic rings. The average molecular weight is 530 g/mol. The third kappa shape index (κ3) is 6.41. The minimum atomic E-state index is -0.297. The van der Waals surface area contributed by atoms with E-state index < -0.39 is 0 Å².